The summed E-state index contributed by atoms with van der Waals surface area (Å²) in [5, 5.41) is 12.2. The van der Waals surface area contributed by atoms with E-state index in [1.54, 1.807) is 13.0 Å². The minimum Gasteiger partial charge on any atom is -0.478 e. The monoisotopic (exact) mass is 297 g/mol. The van der Waals surface area contributed by atoms with Gasteiger partial charge in [-0.1, -0.05) is 0 Å². The summed E-state index contributed by atoms with van der Waals surface area (Å²) in [5.74, 6) is -0.850. The first-order valence-corrected chi connectivity index (χ1v) is 5.77. The SMILES string of the molecule is Cc1cc(/C=C/C(=O)O)cnc1-n1cc(C(F)(F)F)cn1. The van der Waals surface area contributed by atoms with E-state index >= 15 is 0 Å². The van der Waals surface area contributed by atoms with Crippen LogP contribution in [0.15, 0.2) is 30.7 Å². The number of carboxylic acid groups (broad SMARTS) is 1. The molecule has 2 rings (SSSR count). The van der Waals surface area contributed by atoms with E-state index in [-0.39, 0.29) is 5.82 Å². The van der Waals surface area contributed by atoms with Crippen molar-refractivity contribution >= 4 is 12.0 Å². The van der Waals surface area contributed by atoms with E-state index in [1.807, 2.05) is 0 Å². The molecule has 21 heavy (non-hydrogen) atoms. The second kappa shape index (κ2) is 5.39. The fourth-order valence-electron chi connectivity index (χ4n) is 1.67. The van der Waals surface area contributed by atoms with Gasteiger partial charge in [0.25, 0.3) is 0 Å². The Bertz CT molecular complexity index is 705. The Hall–Kier alpha value is -2.64. The van der Waals surface area contributed by atoms with Crippen molar-refractivity contribution in [3.63, 3.8) is 0 Å². The van der Waals surface area contributed by atoms with Crippen molar-refractivity contribution in [1.82, 2.24) is 14.8 Å². The Morgan fingerprint density at radius 2 is 2.10 bits per heavy atom. The van der Waals surface area contributed by atoms with Crippen molar-refractivity contribution in [3.05, 3.63) is 47.4 Å². The van der Waals surface area contributed by atoms with Gasteiger partial charge in [-0.05, 0) is 30.2 Å². The summed E-state index contributed by atoms with van der Waals surface area (Å²) in [6, 6.07) is 1.61. The molecule has 5 nitrogen and oxygen atoms in total. The van der Waals surface area contributed by atoms with E-state index in [0.717, 1.165) is 23.2 Å². The molecule has 1 N–H and O–H groups in total. The normalized spacial score (nSPS) is 12.0. The van der Waals surface area contributed by atoms with Crippen LogP contribution in [0.4, 0.5) is 13.2 Å². The number of aryl methyl sites for hydroxylation is 1. The molecule has 2 aromatic heterocycles. The molecule has 0 saturated heterocycles. The molecular weight excluding hydrogens is 287 g/mol. The van der Waals surface area contributed by atoms with E-state index in [9.17, 15) is 18.0 Å². The van der Waals surface area contributed by atoms with Crippen molar-refractivity contribution in [1.29, 1.82) is 0 Å². The first-order chi connectivity index (χ1) is 9.77. The maximum absolute atomic E-state index is 12.5. The lowest BCUT2D eigenvalue weighted by molar-refractivity contribution is -0.137. The summed E-state index contributed by atoms with van der Waals surface area (Å²) in [7, 11) is 0. The number of halogens is 3. The minimum absolute atomic E-state index is 0.248. The highest BCUT2D eigenvalue weighted by molar-refractivity contribution is 5.85. The zero-order chi connectivity index (χ0) is 15.6. The largest absolute Gasteiger partial charge is 0.478 e. The summed E-state index contributed by atoms with van der Waals surface area (Å²) < 4.78 is 38.6. The summed E-state index contributed by atoms with van der Waals surface area (Å²) in [6.07, 6.45) is 0.761. The number of hydrogen-bond acceptors (Lipinski definition) is 3. The van der Waals surface area contributed by atoms with Crippen molar-refractivity contribution in [2.75, 3.05) is 0 Å². The van der Waals surface area contributed by atoms with Crippen LogP contribution in [-0.2, 0) is 11.0 Å². The quantitative estimate of drug-likeness (QED) is 0.884. The molecule has 0 atom stereocenters. The third-order valence-corrected chi connectivity index (χ3v) is 2.62. The fraction of sp³-hybridized carbons (Fsp3) is 0.154. The van der Waals surface area contributed by atoms with Crippen LogP contribution < -0.4 is 0 Å². The third kappa shape index (κ3) is 3.47. The second-order valence-electron chi connectivity index (χ2n) is 4.25. The predicted octanol–water partition coefficient (Wildman–Crippen LogP) is 2.69. The van der Waals surface area contributed by atoms with E-state index in [2.05, 4.69) is 10.1 Å². The van der Waals surface area contributed by atoms with Crippen molar-refractivity contribution < 1.29 is 23.1 Å². The Kier molecular flexibility index (Phi) is 3.79. The number of nitrogens with zero attached hydrogens (tertiary/aromatic N) is 3. The van der Waals surface area contributed by atoms with Gasteiger partial charge in [0, 0.05) is 18.5 Å². The van der Waals surface area contributed by atoms with Gasteiger partial charge in [-0.15, -0.1) is 0 Å². The molecule has 0 aliphatic rings. The molecule has 0 spiro atoms. The zero-order valence-corrected chi connectivity index (χ0v) is 10.8. The van der Waals surface area contributed by atoms with Gasteiger partial charge in [0.15, 0.2) is 5.82 Å². The Balaban J connectivity index is 2.33. The van der Waals surface area contributed by atoms with Gasteiger partial charge in [0.1, 0.15) is 0 Å². The molecule has 0 fully saturated rings. The van der Waals surface area contributed by atoms with E-state index in [0.29, 0.717) is 11.1 Å². The number of carboxylic acids is 1. The molecule has 110 valence electrons. The minimum atomic E-state index is -4.46. The Labute approximate surface area is 117 Å². The van der Waals surface area contributed by atoms with Crippen LogP contribution in [0.3, 0.4) is 0 Å². The average molecular weight is 297 g/mol. The third-order valence-electron chi connectivity index (χ3n) is 2.62. The summed E-state index contributed by atoms with van der Waals surface area (Å²) in [4.78, 5) is 14.4. The number of aromatic nitrogens is 3. The van der Waals surface area contributed by atoms with Crippen molar-refractivity contribution in [2.45, 2.75) is 13.1 Å². The smallest absolute Gasteiger partial charge is 0.419 e. The fourth-order valence-corrected chi connectivity index (χ4v) is 1.67. The summed E-state index contributed by atoms with van der Waals surface area (Å²) in [5.41, 5.74) is 0.236. The Morgan fingerprint density at radius 1 is 1.38 bits per heavy atom. The number of rotatable bonds is 3. The number of aliphatic carboxylic acids is 1. The van der Waals surface area contributed by atoms with Crippen LogP contribution in [0.25, 0.3) is 11.9 Å². The lowest BCUT2D eigenvalue weighted by Crippen LogP contribution is -2.04. The van der Waals surface area contributed by atoms with Gasteiger partial charge in [0.2, 0.25) is 0 Å². The molecule has 8 heteroatoms. The molecule has 2 heterocycles. The van der Waals surface area contributed by atoms with Gasteiger partial charge >= 0.3 is 12.1 Å². The lowest BCUT2D eigenvalue weighted by atomic mass is 10.2. The van der Waals surface area contributed by atoms with Crippen LogP contribution in [-0.4, -0.2) is 25.8 Å². The van der Waals surface area contributed by atoms with Crippen LogP contribution in [0, 0.1) is 6.92 Å². The highest BCUT2D eigenvalue weighted by Crippen LogP contribution is 2.29. The van der Waals surface area contributed by atoms with Gasteiger partial charge < -0.3 is 5.11 Å². The molecular formula is C13H10F3N3O2. The molecule has 0 saturated carbocycles. The van der Waals surface area contributed by atoms with Crippen LogP contribution in [0.1, 0.15) is 16.7 Å². The highest BCUT2D eigenvalue weighted by Gasteiger charge is 2.32. The van der Waals surface area contributed by atoms with Gasteiger partial charge in [0.05, 0.1) is 11.8 Å². The number of alkyl halides is 3. The molecule has 0 aliphatic carbocycles. The maximum atomic E-state index is 12.5. The molecule has 0 aromatic carbocycles. The number of pyridine rings is 1. The van der Waals surface area contributed by atoms with Gasteiger partial charge in [-0.25, -0.2) is 14.5 Å². The van der Waals surface area contributed by atoms with Crippen LogP contribution in [0.2, 0.25) is 0 Å². The van der Waals surface area contributed by atoms with E-state index in [1.165, 1.54) is 12.3 Å². The maximum Gasteiger partial charge on any atom is 0.419 e. The summed E-state index contributed by atoms with van der Waals surface area (Å²) >= 11 is 0. The lowest BCUT2D eigenvalue weighted by Gasteiger charge is -2.06. The molecule has 0 radical (unpaired) electrons. The van der Waals surface area contributed by atoms with Gasteiger partial charge in [-0.2, -0.15) is 18.3 Å². The Morgan fingerprint density at radius 3 is 2.62 bits per heavy atom. The predicted molar refractivity (Wildman–Crippen MR) is 67.8 cm³/mol. The van der Waals surface area contributed by atoms with Crippen LogP contribution in [0.5, 0.6) is 0 Å². The van der Waals surface area contributed by atoms with Gasteiger partial charge in [-0.3, -0.25) is 0 Å². The van der Waals surface area contributed by atoms with E-state index < -0.39 is 17.7 Å². The standard InChI is InChI=1S/C13H10F3N3O2/c1-8-4-9(2-3-11(20)21)5-17-12(8)19-7-10(6-18-19)13(14,15)16/h2-7H,1H3,(H,20,21)/b3-2+. The van der Waals surface area contributed by atoms with Crippen molar-refractivity contribution in [3.8, 4) is 5.82 Å². The molecule has 0 aliphatic heterocycles. The number of hydrogen-bond donors (Lipinski definition) is 1. The van der Waals surface area contributed by atoms with Crippen molar-refractivity contribution in [2.24, 2.45) is 0 Å². The van der Waals surface area contributed by atoms with E-state index in [4.69, 9.17) is 5.11 Å². The summed E-state index contributed by atoms with van der Waals surface area (Å²) in [6.45, 7) is 1.65. The second-order valence-corrected chi connectivity index (χ2v) is 4.25. The zero-order valence-electron chi connectivity index (χ0n) is 10.8. The number of carbonyl (C=O) groups is 1. The topological polar surface area (TPSA) is 68.0 Å². The molecule has 2 aromatic rings. The average Bonchev–Trinajstić information content (AvgIpc) is 2.85. The molecule has 0 unspecified atom stereocenters. The molecule has 0 amide bonds. The first-order valence-electron chi connectivity index (χ1n) is 5.77. The first kappa shape index (κ1) is 14.8. The highest BCUT2D eigenvalue weighted by atomic mass is 19.4. The molecule has 0 bridgehead atoms. The van der Waals surface area contributed by atoms with Crippen LogP contribution >= 0.6 is 0 Å².